The summed E-state index contributed by atoms with van der Waals surface area (Å²) in [5, 5.41) is 3.54. The van der Waals surface area contributed by atoms with Crippen LogP contribution in [0.4, 0.5) is 5.69 Å². The van der Waals surface area contributed by atoms with E-state index in [1.54, 1.807) is 0 Å². The molecule has 1 fully saturated rings. The van der Waals surface area contributed by atoms with Crippen molar-refractivity contribution < 1.29 is 4.74 Å². The highest BCUT2D eigenvalue weighted by Crippen LogP contribution is 2.26. The van der Waals surface area contributed by atoms with E-state index in [2.05, 4.69) is 29.6 Å². The lowest BCUT2D eigenvalue weighted by molar-refractivity contribution is 0.0244. The molecule has 0 radical (unpaired) electrons. The number of anilines is 1. The third kappa shape index (κ3) is 3.50. The molecule has 0 spiro atoms. The number of ether oxygens (including phenoxy) is 1. The molecule has 1 aliphatic heterocycles. The van der Waals surface area contributed by atoms with Gasteiger partial charge in [-0.05, 0) is 43.2 Å². The second kappa shape index (κ2) is 6.42. The van der Waals surface area contributed by atoms with Crippen LogP contribution in [-0.4, -0.2) is 19.3 Å². The summed E-state index contributed by atoms with van der Waals surface area (Å²) in [4.78, 5) is 0. The first-order chi connectivity index (χ1) is 9.42. The van der Waals surface area contributed by atoms with E-state index in [0.717, 1.165) is 31.9 Å². The summed E-state index contributed by atoms with van der Waals surface area (Å²) < 4.78 is 6.17. The Morgan fingerprint density at radius 1 is 1.05 bits per heavy atom. The van der Waals surface area contributed by atoms with Gasteiger partial charge in [-0.2, -0.15) is 0 Å². The van der Waals surface area contributed by atoms with Gasteiger partial charge in [0.1, 0.15) is 0 Å². The summed E-state index contributed by atoms with van der Waals surface area (Å²) in [6, 6.07) is 8.64. The van der Waals surface area contributed by atoms with Gasteiger partial charge in [-0.15, -0.1) is 0 Å². The highest BCUT2D eigenvalue weighted by atomic mass is 16.5. The van der Waals surface area contributed by atoms with E-state index in [1.165, 1.54) is 43.4 Å². The van der Waals surface area contributed by atoms with Crippen molar-refractivity contribution in [1.82, 2.24) is 0 Å². The molecule has 0 bridgehead atoms. The number of rotatable bonds is 3. The lowest BCUT2D eigenvalue weighted by atomic mass is 9.90. The Hall–Kier alpha value is -1.02. The standard InChI is InChI=1S/C17H25NO/c1-2-6-14(7-3-1)13-19-16-11-10-15-8-4-5-9-17(15)18-12-16/h4-5,8-9,14,16,18H,1-3,6-7,10-13H2. The molecule has 1 unspecified atom stereocenters. The van der Waals surface area contributed by atoms with E-state index in [4.69, 9.17) is 4.74 Å². The normalized spacial score (nSPS) is 24.3. The van der Waals surface area contributed by atoms with Gasteiger partial charge in [0.15, 0.2) is 0 Å². The number of para-hydroxylation sites is 1. The van der Waals surface area contributed by atoms with Crippen LogP contribution in [0.3, 0.4) is 0 Å². The van der Waals surface area contributed by atoms with Crippen molar-refractivity contribution in [2.24, 2.45) is 5.92 Å². The highest BCUT2D eigenvalue weighted by Gasteiger charge is 2.19. The Kier molecular flexibility index (Phi) is 4.39. The minimum atomic E-state index is 0.384. The van der Waals surface area contributed by atoms with Gasteiger partial charge in [-0.3, -0.25) is 0 Å². The van der Waals surface area contributed by atoms with Gasteiger partial charge < -0.3 is 10.1 Å². The van der Waals surface area contributed by atoms with Crippen LogP contribution in [0.2, 0.25) is 0 Å². The van der Waals surface area contributed by atoms with Gasteiger partial charge in [0.2, 0.25) is 0 Å². The summed E-state index contributed by atoms with van der Waals surface area (Å²) in [5.41, 5.74) is 2.73. The fourth-order valence-electron chi connectivity index (χ4n) is 3.32. The van der Waals surface area contributed by atoms with E-state index >= 15 is 0 Å². The maximum atomic E-state index is 6.17. The minimum absolute atomic E-state index is 0.384. The number of hydrogen-bond acceptors (Lipinski definition) is 2. The molecule has 1 heterocycles. The first kappa shape index (κ1) is 13.0. The summed E-state index contributed by atoms with van der Waals surface area (Å²) in [5.74, 6) is 0.819. The van der Waals surface area contributed by atoms with Crippen molar-refractivity contribution in [2.45, 2.75) is 51.0 Å². The fraction of sp³-hybridized carbons (Fsp3) is 0.647. The predicted octanol–water partition coefficient (Wildman–Crippen LogP) is 4.01. The van der Waals surface area contributed by atoms with Gasteiger partial charge in [0.25, 0.3) is 0 Å². The molecule has 3 rings (SSSR count). The number of aryl methyl sites for hydroxylation is 1. The lowest BCUT2D eigenvalue weighted by Gasteiger charge is -2.24. The number of benzene rings is 1. The first-order valence-electron chi connectivity index (χ1n) is 7.85. The average molecular weight is 259 g/mol. The maximum Gasteiger partial charge on any atom is 0.0750 e. The van der Waals surface area contributed by atoms with Crippen LogP contribution in [-0.2, 0) is 11.2 Å². The van der Waals surface area contributed by atoms with Crippen LogP contribution >= 0.6 is 0 Å². The summed E-state index contributed by atoms with van der Waals surface area (Å²) >= 11 is 0. The largest absolute Gasteiger partial charge is 0.382 e. The van der Waals surface area contributed by atoms with Gasteiger partial charge in [-0.1, -0.05) is 37.5 Å². The van der Waals surface area contributed by atoms with Crippen LogP contribution in [0.15, 0.2) is 24.3 Å². The monoisotopic (exact) mass is 259 g/mol. The molecule has 1 N–H and O–H groups in total. The van der Waals surface area contributed by atoms with E-state index in [0.29, 0.717) is 6.10 Å². The van der Waals surface area contributed by atoms with E-state index in [-0.39, 0.29) is 0 Å². The third-order valence-electron chi connectivity index (χ3n) is 4.57. The SMILES string of the molecule is c1ccc2c(c1)CCC(OCC1CCCCC1)CN2. The maximum absolute atomic E-state index is 6.17. The van der Waals surface area contributed by atoms with Crippen molar-refractivity contribution in [3.05, 3.63) is 29.8 Å². The van der Waals surface area contributed by atoms with E-state index in [1.807, 2.05) is 0 Å². The third-order valence-corrected chi connectivity index (χ3v) is 4.57. The quantitative estimate of drug-likeness (QED) is 0.885. The minimum Gasteiger partial charge on any atom is -0.382 e. The zero-order valence-electron chi connectivity index (χ0n) is 11.7. The predicted molar refractivity (Wildman–Crippen MR) is 79.6 cm³/mol. The first-order valence-corrected chi connectivity index (χ1v) is 7.85. The molecule has 2 aliphatic rings. The zero-order valence-corrected chi connectivity index (χ0v) is 11.7. The Morgan fingerprint density at radius 2 is 1.89 bits per heavy atom. The van der Waals surface area contributed by atoms with Crippen LogP contribution < -0.4 is 5.32 Å². The molecule has 1 aliphatic carbocycles. The fourth-order valence-corrected chi connectivity index (χ4v) is 3.32. The molecule has 0 aromatic heterocycles. The molecule has 1 aromatic rings. The number of nitrogens with one attached hydrogen (secondary N) is 1. The van der Waals surface area contributed by atoms with E-state index < -0.39 is 0 Å². The molecule has 1 atom stereocenters. The van der Waals surface area contributed by atoms with Gasteiger partial charge >= 0.3 is 0 Å². The molecular formula is C17H25NO. The Morgan fingerprint density at radius 3 is 2.79 bits per heavy atom. The van der Waals surface area contributed by atoms with Crippen molar-refractivity contribution in [3.8, 4) is 0 Å². The van der Waals surface area contributed by atoms with E-state index in [9.17, 15) is 0 Å². The molecule has 0 amide bonds. The van der Waals surface area contributed by atoms with Gasteiger partial charge in [0.05, 0.1) is 6.10 Å². The van der Waals surface area contributed by atoms with Gasteiger partial charge in [0, 0.05) is 18.8 Å². The van der Waals surface area contributed by atoms with Crippen LogP contribution in [0.25, 0.3) is 0 Å². The molecule has 19 heavy (non-hydrogen) atoms. The molecule has 1 aromatic carbocycles. The van der Waals surface area contributed by atoms with Gasteiger partial charge in [-0.25, -0.2) is 0 Å². The van der Waals surface area contributed by atoms with Crippen molar-refractivity contribution in [1.29, 1.82) is 0 Å². The van der Waals surface area contributed by atoms with Crippen LogP contribution in [0.5, 0.6) is 0 Å². The Bertz CT molecular complexity index is 371. The topological polar surface area (TPSA) is 21.3 Å². The lowest BCUT2D eigenvalue weighted by Crippen LogP contribution is -2.25. The number of fused-ring (bicyclic) bond motifs is 1. The molecule has 1 saturated carbocycles. The highest BCUT2D eigenvalue weighted by molar-refractivity contribution is 5.51. The molecular weight excluding hydrogens is 234 g/mol. The molecule has 104 valence electrons. The smallest absolute Gasteiger partial charge is 0.0750 e. The van der Waals surface area contributed by atoms with Crippen LogP contribution in [0.1, 0.15) is 44.1 Å². The molecule has 2 nitrogen and oxygen atoms in total. The summed E-state index contributed by atoms with van der Waals surface area (Å²) in [6.07, 6.45) is 9.66. The zero-order chi connectivity index (χ0) is 12.9. The number of hydrogen-bond donors (Lipinski definition) is 1. The van der Waals surface area contributed by atoms with Crippen molar-refractivity contribution in [3.63, 3.8) is 0 Å². The second-order valence-electron chi connectivity index (χ2n) is 6.04. The molecule has 2 heteroatoms. The summed E-state index contributed by atoms with van der Waals surface area (Å²) in [7, 11) is 0. The Labute approximate surface area is 116 Å². The average Bonchev–Trinajstić information content (AvgIpc) is 2.69. The molecule has 0 saturated heterocycles. The van der Waals surface area contributed by atoms with Crippen molar-refractivity contribution >= 4 is 5.69 Å². The summed E-state index contributed by atoms with van der Waals surface area (Å²) in [6.45, 7) is 1.94. The Balaban J connectivity index is 1.48. The van der Waals surface area contributed by atoms with Crippen molar-refractivity contribution in [2.75, 3.05) is 18.5 Å². The second-order valence-corrected chi connectivity index (χ2v) is 6.04. The van der Waals surface area contributed by atoms with Crippen LogP contribution in [0, 0.1) is 5.92 Å².